The van der Waals surface area contributed by atoms with Crippen LogP contribution in [0.25, 0.3) is 11.3 Å². The van der Waals surface area contributed by atoms with E-state index in [1.165, 1.54) is 0 Å². The molecule has 0 unspecified atom stereocenters. The van der Waals surface area contributed by atoms with Crippen LogP contribution in [0.4, 0.5) is 5.82 Å². The highest BCUT2D eigenvalue weighted by Gasteiger charge is 2.19. The van der Waals surface area contributed by atoms with E-state index in [-0.39, 0.29) is 5.91 Å². The third-order valence-electron chi connectivity index (χ3n) is 4.47. The van der Waals surface area contributed by atoms with Gasteiger partial charge in [-0.3, -0.25) is 14.2 Å². The number of carbonyl (C=O) groups is 1. The molecule has 0 aliphatic carbocycles. The number of anilines is 1. The van der Waals surface area contributed by atoms with Gasteiger partial charge in [-0.25, -0.2) is 0 Å². The van der Waals surface area contributed by atoms with E-state index in [1.54, 1.807) is 27.8 Å². The Morgan fingerprint density at radius 3 is 2.43 bits per heavy atom. The predicted octanol–water partition coefficient (Wildman–Crippen LogP) is 3.89. The van der Waals surface area contributed by atoms with Crippen molar-refractivity contribution in [1.82, 2.24) is 19.6 Å². The van der Waals surface area contributed by atoms with Crippen LogP contribution in [0.15, 0.2) is 73.1 Å². The summed E-state index contributed by atoms with van der Waals surface area (Å²) in [7, 11) is 1.81. The van der Waals surface area contributed by atoms with E-state index in [0.29, 0.717) is 23.6 Å². The van der Waals surface area contributed by atoms with Crippen LogP contribution in [0.3, 0.4) is 0 Å². The van der Waals surface area contributed by atoms with Gasteiger partial charge in [0.1, 0.15) is 5.69 Å². The minimum atomic E-state index is -0.228. The van der Waals surface area contributed by atoms with Gasteiger partial charge in [0.15, 0.2) is 5.82 Å². The molecule has 4 rings (SSSR count). The van der Waals surface area contributed by atoms with E-state index in [1.807, 2.05) is 68.6 Å². The lowest BCUT2D eigenvalue weighted by Gasteiger charge is -2.03. The first-order chi connectivity index (χ1) is 13.6. The molecule has 0 radical (unpaired) electrons. The quantitative estimate of drug-likeness (QED) is 0.579. The summed E-state index contributed by atoms with van der Waals surface area (Å²) in [6.07, 6.45) is 3.58. The Morgan fingerprint density at radius 2 is 1.75 bits per heavy atom. The molecule has 0 atom stereocenters. The van der Waals surface area contributed by atoms with Gasteiger partial charge in [-0.15, -0.1) is 0 Å². The summed E-state index contributed by atoms with van der Waals surface area (Å²) < 4.78 is 3.45. The molecular weight excluding hydrogens is 350 g/mol. The summed E-state index contributed by atoms with van der Waals surface area (Å²) >= 11 is 0. The average Bonchev–Trinajstić information content (AvgIpc) is 3.29. The van der Waals surface area contributed by atoms with Crippen LogP contribution in [0, 0.1) is 6.92 Å². The maximum atomic E-state index is 12.9. The van der Waals surface area contributed by atoms with Gasteiger partial charge in [-0.05, 0) is 12.5 Å². The third kappa shape index (κ3) is 3.86. The summed E-state index contributed by atoms with van der Waals surface area (Å²) in [5.41, 5.74) is 4.36. The molecule has 0 spiro atoms. The highest BCUT2D eigenvalue weighted by atomic mass is 16.1. The molecule has 2 heterocycles. The predicted molar refractivity (Wildman–Crippen MR) is 109 cm³/mol. The number of aromatic nitrogens is 4. The number of hydrogen-bond donors (Lipinski definition) is 1. The Bertz CT molecular complexity index is 1090. The number of carbonyl (C=O) groups excluding carboxylic acids is 1. The largest absolute Gasteiger partial charge is 0.305 e. The standard InChI is InChI=1S/C22H21N5O/c1-16-8-10-18(11-9-16)21-19(22(28)23-20-12-13-26(2)24-20)15-27(25-21)14-17-6-4-3-5-7-17/h3-13,15H,14H2,1-2H3,(H,23,24,28). The molecule has 0 aliphatic rings. The third-order valence-corrected chi connectivity index (χ3v) is 4.47. The first kappa shape index (κ1) is 17.7. The zero-order chi connectivity index (χ0) is 19.5. The van der Waals surface area contributed by atoms with Crippen molar-refractivity contribution in [2.45, 2.75) is 13.5 Å². The first-order valence-electron chi connectivity index (χ1n) is 9.08. The van der Waals surface area contributed by atoms with Crippen molar-refractivity contribution in [3.8, 4) is 11.3 Å². The minimum absolute atomic E-state index is 0.228. The molecule has 2 aromatic carbocycles. The first-order valence-corrected chi connectivity index (χ1v) is 9.08. The molecule has 140 valence electrons. The molecule has 4 aromatic rings. The van der Waals surface area contributed by atoms with Crippen molar-refractivity contribution in [3.05, 3.63) is 89.7 Å². The Balaban J connectivity index is 1.69. The second kappa shape index (κ2) is 7.52. The molecule has 28 heavy (non-hydrogen) atoms. The fraction of sp³-hybridized carbons (Fsp3) is 0.136. The molecule has 0 saturated heterocycles. The molecule has 1 N–H and O–H groups in total. The number of aryl methyl sites for hydroxylation is 2. The fourth-order valence-corrected chi connectivity index (χ4v) is 3.03. The molecule has 0 bridgehead atoms. The summed E-state index contributed by atoms with van der Waals surface area (Å²) in [5, 5.41) is 11.8. The van der Waals surface area contributed by atoms with Gasteiger partial charge in [0.05, 0.1) is 12.1 Å². The number of benzene rings is 2. The van der Waals surface area contributed by atoms with Gasteiger partial charge in [-0.2, -0.15) is 10.2 Å². The van der Waals surface area contributed by atoms with Gasteiger partial charge in [-0.1, -0.05) is 60.2 Å². The maximum Gasteiger partial charge on any atom is 0.260 e. The van der Waals surface area contributed by atoms with Crippen LogP contribution in [-0.4, -0.2) is 25.5 Å². The normalized spacial score (nSPS) is 10.8. The van der Waals surface area contributed by atoms with E-state index < -0.39 is 0 Å². The molecular formula is C22H21N5O. The molecule has 0 fully saturated rings. The average molecular weight is 371 g/mol. The van der Waals surface area contributed by atoms with Crippen molar-refractivity contribution < 1.29 is 4.79 Å². The molecule has 6 heteroatoms. The van der Waals surface area contributed by atoms with E-state index in [4.69, 9.17) is 5.10 Å². The molecule has 0 saturated carbocycles. The second-order valence-corrected chi connectivity index (χ2v) is 6.77. The van der Waals surface area contributed by atoms with Gasteiger partial charge < -0.3 is 5.32 Å². The Hall–Kier alpha value is -3.67. The molecule has 1 amide bonds. The number of rotatable bonds is 5. The number of nitrogens with zero attached hydrogens (tertiary/aromatic N) is 4. The van der Waals surface area contributed by atoms with Crippen LogP contribution in [0.5, 0.6) is 0 Å². The summed E-state index contributed by atoms with van der Waals surface area (Å²) in [6.45, 7) is 2.63. The fourth-order valence-electron chi connectivity index (χ4n) is 3.03. The van der Waals surface area contributed by atoms with Gasteiger partial charge >= 0.3 is 0 Å². The van der Waals surface area contributed by atoms with Gasteiger partial charge in [0, 0.05) is 31.1 Å². The Kier molecular flexibility index (Phi) is 4.76. The zero-order valence-corrected chi connectivity index (χ0v) is 15.8. The van der Waals surface area contributed by atoms with Crippen molar-refractivity contribution in [2.24, 2.45) is 7.05 Å². The maximum absolute atomic E-state index is 12.9. The van der Waals surface area contributed by atoms with E-state index in [2.05, 4.69) is 10.4 Å². The molecule has 2 aromatic heterocycles. The van der Waals surface area contributed by atoms with Crippen LogP contribution in [0.2, 0.25) is 0 Å². The monoisotopic (exact) mass is 371 g/mol. The topological polar surface area (TPSA) is 64.7 Å². The summed E-state index contributed by atoms with van der Waals surface area (Å²) in [6, 6.07) is 19.8. The number of amides is 1. The van der Waals surface area contributed by atoms with E-state index in [9.17, 15) is 4.79 Å². The highest BCUT2D eigenvalue weighted by molar-refractivity contribution is 6.07. The second-order valence-electron chi connectivity index (χ2n) is 6.77. The zero-order valence-electron chi connectivity index (χ0n) is 15.8. The Morgan fingerprint density at radius 1 is 1.00 bits per heavy atom. The smallest absolute Gasteiger partial charge is 0.260 e. The summed E-state index contributed by atoms with van der Waals surface area (Å²) in [4.78, 5) is 12.9. The number of hydrogen-bond acceptors (Lipinski definition) is 3. The summed E-state index contributed by atoms with van der Waals surface area (Å²) in [5.74, 6) is 0.284. The lowest BCUT2D eigenvalue weighted by molar-refractivity contribution is 0.102. The number of nitrogens with one attached hydrogen (secondary N) is 1. The van der Waals surface area contributed by atoms with Crippen molar-refractivity contribution in [3.63, 3.8) is 0 Å². The van der Waals surface area contributed by atoms with Crippen LogP contribution < -0.4 is 5.32 Å². The van der Waals surface area contributed by atoms with Gasteiger partial charge in [0.25, 0.3) is 5.91 Å². The molecule has 0 aliphatic heterocycles. The highest BCUT2D eigenvalue weighted by Crippen LogP contribution is 2.24. The van der Waals surface area contributed by atoms with Crippen LogP contribution in [-0.2, 0) is 13.6 Å². The van der Waals surface area contributed by atoms with E-state index in [0.717, 1.165) is 16.7 Å². The Labute approximate surface area is 163 Å². The van der Waals surface area contributed by atoms with Crippen LogP contribution >= 0.6 is 0 Å². The van der Waals surface area contributed by atoms with Crippen molar-refractivity contribution in [2.75, 3.05) is 5.32 Å². The van der Waals surface area contributed by atoms with Crippen LogP contribution in [0.1, 0.15) is 21.5 Å². The lowest BCUT2D eigenvalue weighted by atomic mass is 10.1. The minimum Gasteiger partial charge on any atom is -0.305 e. The van der Waals surface area contributed by atoms with Crippen molar-refractivity contribution >= 4 is 11.7 Å². The van der Waals surface area contributed by atoms with E-state index >= 15 is 0 Å². The van der Waals surface area contributed by atoms with Crippen molar-refractivity contribution in [1.29, 1.82) is 0 Å². The SMILES string of the molecule is Cc1ccc(-c2nn(Cc3ccccc3)cc2C(=O)Nc2ccn(C)n2)cc1. The van der Waals surface area contributed by atoms with Gasteiger partial charge in [0.2, 0.25) is 0 Å². The lowest BCUT2D eigenvalue weighted by Crippen LogP contribution is -2.13. The molecule has 6 nitrogen and oxygen atoms in total.